The fourth-order valence-electron chi connectivity index (χ4n) is 3.49. The van der Waals surface area contributed by atoms with E-state index in [4.69, 9.17) is 0 Å². The van der Waals surface area contributed by atoms with Crippen LogP contribution in [0.4, 0.5) is 5.69 Å². The Morgan fingerprint density at radius 1 is 1.22 bits per heavy atom. The summed E-state index contributed by atoms with van der Waals surface area (Å²) in [6.45, 7) is 6.42. The SMILES string of the molecule is CC(CC(C)(C)c1ccccc1)NC(=O)c1ccc2c(c1)NC(=O)CCS2. The Hall–Kier alpha value is -2.27. The second-order valence-corrected chi connectivity index (χ2v) is 8.82. The van der Waals surface area contributed by atoms with E-state index in [9.17, 15) is 9.59 Å². The highest BCUT2D eigenvalue weighted by atomic mass is 32.2. The summed E-state index contributed by atoms with van der Waals surface area (Å²) in [6.07, 6.45) is 1.33. The van der Waals surface area contributed by atoms with Gasteiger partial charge in [0.15, 0.2) is 0 Å². The normalized spacial score (nSPS) is 15.3. The molecule has 2 aromatic rings. The highest BCUT2D eigenvalue weighted by Gasteiger charge is 2.24. The third-order valence-electron chi connectivity index (χ3n) is 4.85. The van der Waals surface area contributed by atoms with Crippen LogP contribution in [0.2, 0.25) is 0 Å². The summed E-state index contributed by atoms with van der Waals surface area (Å²) in [7, 11) is 0. The van der Waals surface area contributed by atoms with E-state index in [-0.39, 0.29) is 23.3 Å². The van der Waals surface area contributed by atoms with Gasteiger partial charge < -0.3 is 10.6 Å². The van der Waals surface area contributed by atoms with E-state index in [0.717, 1.165) is 22.8 Å². The number of carbonyl (C=O) groups excluding carboxylic acids is 2. The Morgan fingerprint density at radius 2 is 1.96 bits per heavy atom. The molecule has 1 unspecified atom stereocenters. The van der Waals surface area contributed by atoms with Crippen LogP contribution in [-0.4, -0.2) is 23.6 Å². The molecule has 4 nitrogen and oxygen atoms in total. The predicted octanol–water partition coefficient (Wildman–Crippen LogP) is 4.61. The number of hydrogen-bond acceptors (Lipinski definition) is 3. The van der Waals surface area contributed by atoms with Crippen LogP contribution in [0.25, 0.3) is 0 Å². The topological polar surface area (TPSA) is 58.2 Å². The van der Waals surface area contributed by atoms with Gasteiger partial charge in [-0.05, 0) is 42.5 Å². The molecule has 2 N–H and O–H groups in total. The maximum absolute atomic E-state index is 12.7. The number of thioether (sulfide) groups is 1. The van der Waals surface area contributed by atoms with Crippen molar-refractivity contribution in [2.45, 2.75) is 50.0 Å². The Kier molecular flexibility index (Phi) is 5.90. The van der Waals surface area contributed by atoms with Gasteiger partial charge in [0.2, 0.25) is 5.91 Å². The molecule has 2 amide bonds. The van der Waals surface area contributed by atoms with Crippen molar-refractivity contribution < 1.29 is 9.59 Å². The molecule has 3 rings (SSSR count). The monoisotopic (exact) mass is 382 g/mol. The highest BCUT2D eigenvalue weighted by Crippen LogP contribution is 2.32. The predicted molar refractivity (Wildman–Crippen MR) is 111 cm³/mol. The van der Waals surface area contributed by atoms with Crippen molar-refractivity contribution >= 4 is 29.3 Å². The third kappa shape index (κ3) is 4.92. The van der Waals surface area contributed by atoms with E-state index in [2.05, 4.69) is 36.6 Å². The van der Waals surface area contributed by atoms with Gasteiger partial charge in [0.25, 0.3) is 5.91 Å². The molecule has 1 atom stereocenters. The molecule has 0 saturated heterocycles. The summed E-state index contributed by atoms with van der Waals surface area (Å²) >= 11 is 1.64. The zero-order valence-corrected chi connectivity index (χ0v) is 16.9. The number of hydrogen-bond donors (Lipinski definition) is 2. The van der Waals surface area contributed by atoms with Crippen molar-refractivity contribution in [3.05, 3.63) is 59.7 Å². The Morgan fingerprint density at radius 3 is 2.70 bits per heavy atom. The average molecular weight is 383 g/mol. The molecule has 142 valence electrons. The minimum atomic E-state index is -0.113. The molecule has 0 radical (unpaired) electrons. The van der Waals surface area contributed by atoms with Crippen LogP contribution < -0.4 is 10.6 Å². The molecule has 27 heavy (non-hydrogen) atoms. The lowest BCUT2D eigenvalue weighted by Gasteiger charge is -2.29. The molecule has 1 heterocycles. The Labute approximate surface area is 165 Å². The van der Waals surface area contributed by atoms with Gasteiger partial charge in [-0.15, -0.1) is 11.8 Å². The van der Waals surface area contributed by atoms with Crippen molar-refractivity contribution in [3.63, 3.8) is 0 Å². The first kappa shape index (κ1) is 19.5. The third-order valence-corrected chi connectivity index (χ3v) is 5.93. The van der Waals surface area contributed by atoms with E-state index in [1.54, 1.807) is 17.8 Å². The number of fused-ring (bicyclic) bond motifs is 1. The zero-order chi connectivity index (χ0) is 19.4. The Bertz CT molecular complexity index is 833. The van der Waals surface area contributed by atoms with Crippen LogP contribution in [0.3, 0.4) is 0 Å². The van der Waals surface area contributed by atoms with Gasteiger partial charge in [0.05, 0.1) is 5.69 Å². The molecule has 0 bridgehead atoms. The standard InChI is InChI=1S/C22H26N2O2S/c1-15(14-22(2,3)17-7-5-4-6-8-17)23-21(26)16-9-10-19-18(13-16)24-20(25)11-12-27-19/h4-10,13,15H,11-12,14H2,1-3H3,(H,23,26)(H,24,25). The van der Waals surface area contributed by atoms with Crippen molar-refractivity contribution in [1.82, 2.24) is 5.32 Å². The van der Waals surface area contributed by atoms with Gasteiger partial charge in [0, 0.05) is 28.7 Å². The second kappa shape index (κ2) is 8.17. The number of benzene rings is 2. The summed E-state index contributed by atoms with van der Waals surface area (Å²) in [5.41, 5.74) is 2.52. The summed E-state index contributed by atoms with van der Waals surface area (Å²) in [6, 6.07) is 15.9. The summed E-state index contributed by atoms with van der Waals surface area (Å²) in [4.78, 5) is 25.5. The quantitative estimate of drug-likeness (QED) is 0.794. The van der Waals surface area contributed by atoms with Gasteiger partial charge in [-0.2, -0.15) is 0 Å². The second-order valence-electron chi connectivity index (χ2n) is 7.69. The Balaban J connectivity index is 1.67. The van der Waals surface area contributed by atoms with Crippen molar-refractivity contribution in [1.29, 1.82) is 0 Å². The molecule has 0 aromatic heterocycles. The molecule has 0 fully saturated rings. The first-order valence-electron chi connectivity index (χ1n) is 9.28. The lowest BCUT2D eigenvalue weighted by Crippen LogP contribution is -2.37. The fraction of sp³-hybridized carbons (Fsp3) is 0.364. The average Bonchev–Trinajstić information content (AvgIpc) is 2.81. The smallest absolute Gasteiger partial charge is 0.251 e. The summed E-state index contributed by atoms with van der Waals surface area (Å²) < 4.78 is 0. The minimum absolute atomic E-state index is 0.00298. The molecule has 0 aliphatic carbocycles. The van der Waals surface area contributed by atoms with E-state index >= 15 is 0 Å². The van der Waals surface area contributed by atoms with E-state index < -0.39 is 0 Å². The summed E-state index contributed by atoms with van der Waals surface area (Å²) in [5, 5.41) is 5.99. The van der Waals surface area contributed by atoms with Gasteiger partial charge in [-0.25, -0.2) is 0 Å². The largest absolute Gasteiger partial charge is 0.350 e. The van der Waals surface area contributed by atoms with Crippen LogP contribution in [0, 0.1) is 0 Å². The molecule has 2 aromatic carbocycles. The number of carbonyl (C=O) groups is 2. The van der Waals surface area contributed by atoms with Crippen LogP contribution in [-0.2, 0) is 10.2 Å². The van der Waals surface area contributed by atoms with Crippen LogP contribution >= 0.6 is 11.8 Å². The molecule has 0 spiro atoms. The van der Waals surface area contributed by atoms with E-state index in [1.807, 2.05) is 37.3 Å². The lowest BCUT2D eigenvalue weighted by molar-refractivity contribution is -0.115. The number of amides is 2. The van der Waals surface area contributed by atoms with E-state index in [0.29, 0.717) is 12.0 Å². The number of nitrogens with one attached hydrogen (secondary N) is 2. The van der Waals surface area contributed by atoms with Crippen LogP contribution in [0.5, 0.6) is 0 Å². The van der Waals surface area contributed by atoms with Crippen molar-refractivity contribution in [2.24, 2.45) is 0 Å². The van der Waals surface area contributed by atoms with Gasteiger partial charge in [0.1, 0.15) is 0 Å². The lowest BCUT2D eigenvalue weighted by atomic mass is 9.79. The number of anilines is 1. The maximum atomic E-state index is 12.7. The van der Waals surface area contributed by atoms with Gasteiger partial charge in [-0.3, -0.25) is 9.59 Å². The highest BCUT2D eigenvalue weighted by molar-refractivity contribution is 7.99. The maximum Gasteiger partial charge on any atom is 0.251 e. The summed E-state index contributed by atoms with van der Waals surface area (Å²) in [5.74, 6) is 0.644. The van der Waals surface area contributed by atoms with E-state index in [1.165, 1.54) is 5.56 Å². The van der Waals surface area contributed by atoms with Gasteiger partial charge in [-0.1, -0.05) is 44.2 Å². The molecular weight excluding hydrogens is 356 g/mol. The first-order chi connectivity index (χ1) is 12.8. The molecule has 0 saturated carbocycles. The van der Waals surface area contributed by atoms with Crippen LogP contribution in [0.15, 0.2) is 53.4 Å². The molecule has 5 heteroatoms. The van der Waals surface area contributed by atoms with Crippen molar-refractivity contribution in [2.75, 3.05) is 11.1 Å². The fourth-order valence-corrected chi connectivity index (χ4v) is 4.43. The van der Waals surface area contributed by atoms with Gasteiger partial charge >= 0.3 is 0 Å². The first-order valence-corrected chi connectivity index (χ1v) is 10.3. The minimum Gasteiger partial charge on any atom is -0.350 e. The number of rotatable bonds is 5. The molecular formula is C22H26N2O2S. The molecule has 1 aliphatic heterocycles. The molecule has 1 aliphatic rings. The van der Waals surface area contributed by atoms with Crippen LogP contribution in [0.1, 0.15) is 49.5 Å². The van der Waals surface area contributed by atoms with Crippen molar-refractivity contribution in [3.8, 4) is 0 Å². The zero-order valence-electron chi connectivity index (χ0n) is 16.0.